The predicted molar refractivity (Wildman–Crippen MR) is 79.5 cm³/mol. The number of hydrogen-bond acceptors (Lipinski definition) is 6. The van der Waals surface area contributed by atoms with Crippen molar-refractivity contribution in [1.29, 1.82) is 0 Å². The molecule has 0 N–H and O–H groups in total. The molecule has 21 heavy (non-hydrogen) atoms. The average Bonchev–Trinajstić information content (AvgIpc) is 2.96. The van der Waals surface area contributed by atoms with Gasteiger partial charge in [0.25, 0.3) is 0 Å². The van der Waals surface area contributed by atoms with E-state index in [4.69, 9.17) is 9.15 Å². The highest BCUT2D eigenvalue weighted by Gasteiger charge is 2.16. The van der Waals surface area contributed by atoms with E-state index in [1.54, 1.807) is 30.5 Å². The first-order valence-corrected chi connectivity index (χ1v) is 7.23. The predicted octanol–water partition coefficient (Wildman–Crippen LogP) is 3.09. The molecule has 3 rings (SSSR count). The number of hydrogen-bond donors (Lipinski definition) is 0. The second kappa shape index (κ2) is 5.49. The molecule has 0 bridgehead atoms. The van der Waals surface area contributed by atoms with Gasteiger partial charge in [-0.2, -0.15) is 0 Å². The summed E-state index contributed by atoms with van der Waals surface area (Å²) in [4.78, 5) is 27.8. The summed E-state index contributed by atoms with van der Waals surface area (Å²) in [5, 5.41) is 2.67. The third kappa shape index (κ3) is 2.57. The van der Waals surface area contributed by atoms with Crippen LogP contribution in [0.1, 0.15) is 16.7 Å². The van der Waals surface area contributed by atoms with Gasteiger partial charge in [0.05, 0.1) is 17.9 Å². The van der Waals surface area contributed by atoms with Crippen molar-refractivity contribution in [3.63, 3.8) is 0 Å². The summed E-state index contributed by atoms with van der Waals surface area (Å²) in [7, 11) is 0. The topological polar surface area (TPSA) is 69.4 Å². The molecule has 1 aromatic carbocycles. The summed E-state index contributed by atoms with van der Waals surface area (Å²) in [6.07, 6.45) is 0. The SMILES string of the molecule is CCOC(=O)c1nc(-c2cc3ccccc3oc2=O)cs1. The van der Waals surface area contributed by atoms with Crippen LogP contribution in [0.5, 0.6) is 0 Å². The summed E-state index contributed by atoms with van der Waals surface area (Å²) in [5.41, 5.74) is 0.796. The van der Waals surface area contributed by atoms with Gasteiger partial charge in [-0.15, -0.1) is 11.3 Å². The van der Waals surface area contributed by atoms with Crippen LogP contribution in [0.3, 0.4) is 0 Å². The van der Waals surface area contributed by atoms with Crippen LogP contribution in [0, 0.1) is 0 Å². The van der Waals surface area contributed by atoms with Crippen LogP contribution < -0.4 is 5.63 Å². The van der Waals surface area contributed by atoms with Crippen molar-refractivity contribution < 1.29 is 13.9 Å². The Labute approximate surface area is 123 Å². The first kappa shape index (κ1) is 13.5. The molecule has 0 aliphatic carbocycles. The van der Waals surface area contributed by atoms with E-state index in [1.165, 1.54) is 0 Å². The number of carbonyl (C=O) groups excluding carboxylic acids is 1. The monoisotopic (exact) mass is 301 g/mol. The number of aromatic nitrogens is 1. The van der Waals surface area contributed by atoms with Crippen LogP contribution in [-0.2, 0) is 4.74 Å². The molecule has 3 aromatic rings. The van der Waals surface area contributed by atoms with Gasteiger partial charge in [-0.05, 0) is 19.1 Å². The summed E-state index contributed by atoms with van der Waals surface area (Å²) < 4.78 is 10.1. The molecule has 0 saturated heterocycles. The van der Waals surface area contributed by atoms with E-state index >= 15 is 0 Å². The number of ether oxygens (including phenoxy) is 1. The van der Waals surface area contributed by atoms with Crippen molar-refractivity contribution in [2.75, 3.05) is 6.61 Å². The molecule has 2 aromatic heterocycles. The minimum atomic E-state index is -0.487. The van der Waals surface area contributed by atoms with E-state index in [0.29, 0.717) is 16.8 Å². The third-order valence-electron chi connectivity index (χ3n) is 2.87. The highest BCUT2D eigenvalue weighted by molar-refractivity contribution is 7.11. The molecule has 0 aliphatic heterocycles. The van der Waals surface area contributed by atoms with Crippen molar-refractivity contribution in [1.82, 2.24) is 4.98 Å². The number of carbonyl (C=O) groups is 1. The number of benzene rings is 1. The molecule has 0 spiro atoms. The van der Waals surface area contributed by atoms with Gasteiger partial charge in [0.1, 0.15) is 5.58 Å². The molecular formula is C15H11NO4S. The minimum absolute atomic E-state index is 0.222. The van der Waals surface area contributed by atoms with E-state index in [0.717, 1.165) is 16.7 Å². The van der Waals surface area contributed by atoms with E-state index in [-0.39, 0.29) is 11.6 Å². The molecule has 0 atom stereocenters. The second-order valence-electron chi connectivity index (χ2n) is 4.24. The fourth-order valence-electron chi connectivity index (χ4n) is 1.92. The summed E-state index contributed by atoms with van der Waals surface area (Å²) >= 11 is 1.14. The molecule has 0 saturated carbocycles. The molecule has 0 fully saturated rings. The van der Waals surface area contributed by atoms with E-state index < -0.39 is 11.6 Å². The molecule has 5 nitrogen and oxygen atoms in total. The van der Waals surface area contributed by atoms with Gasteiger partial charge in [-0.3, -0.25) is 0 Å². The fourth-order valence-corrected chi connectivity index (χ4v) is 2.63. The quantitative estimate of drug-likeness (QED) is 0.549. The Bertz CT molecular complexity index is 865. The van der Waals surface area contributed by atoms with E-state index in [9.17, 15) is 9.59 Å². The lowest BCUT2D eigenvalue weighted by Crippen LogP contribution is -2.05. The van der Waals surface area contributed by atoms with E-state index in [1.807, 2.05) is 12.1 Å². The Kier molecular flexibility index (Phi) is 3.53. The van der Waals surface area contributed by atoms with Gasteiger partial charge in [-0.25, -0.2) is 14.6 Å². The molecule has 0 aliphatic rings. The van der Waals surface area contributed by atoms with Crippen molar-refractivity contribution in [2.24, 2.45) is 0 Å². The zero-order valence-electron chi connectivity index (χ0n) is 11.2. The Hall–Kier alpha value is -2.47. The number of nitrogens with zero attached hydrogens (tertiary/aromatic N) is 1. The maximum absolute atomic E-state index is 12.0. The van der Waals surface area contributed by atoms with Crippen LogP contribution in [0.4, 0.5) is 0 Å². The lowest BCUT2D eigenvalue weighted by molar-refractivity contribution is 0.0526. The van der Waals surface area contributed by atoms with Crippen molar-refractivity contribution in [3.05, 3.63) is 51.1 Å². The Morgan fingerprint density at radius 3 is 3.00 bits per heavy atom. The Morgan fingerprint density at radius 2 is 2.19 bits per heavy atom. The van der Waals surface area contributed by atoms with Crippen LogP contribution in [0.25, 0.3) is 22.2 Å². The molecular weight excluding hydrogens is 290 g/mol. The smallest absolute Gasteiger partial charge is 0.367 e. The van der Waals surface area contributed by atoms with Crippen LogP contribution >= 0.6 is 11.3 Å². The van der Waals surface area contributed by atoms with Crippen LogP contribution in [0.2, 0.25) is 0 Å². The fraction of sp³-hybridized carbons (Fsp3) is 0.133. The molecule has 0 amide bonds. The Morgan fingerprint density at radius 1 is 1.38 bits per heavy atom. The highest BCUT2D eigenvalue weighted by atomic mass is 32.1. The zero-order valence-corrected chi connectivity index (χ0v) is 12.0. The van der Waals surface area contributed by atoms with Gasteiger partial charge >= 0.3 is 11.6 Å². The molecule has 106 valence electrons. The molecule has 6 heteroatoms. The van der Waals surface area contributed by atoms with Gasteiger partial charge < -0.3 is 9.15 Å². The normalized spacial score (nSPS) is 10.7. The zero-order chi connectivity index (χ0) is 14.8. The Balaban J connectivity index is 2.06. The van der Waals surface area contributed by atoms with Crippen molar-refractivity contribution in [3.8, 4) is 11.3 Å². The second-order valence-corrected chi connectivity index (χ2v) is 5.10. The number of esters is 1. The van der Waals surface area contributed by atoms with Gasteiger partial charge in [-0.1, -0.05) is 18.2 Å². The van der Waals surface area contributed by atoms with E-state index in [2.05, 4.69) is 4.98 Å². The summed E-state index contributed by atoms with van der Waals surface area (Å²) in [5.74, 6) is -0.487. The number of rotatable bonds is 3. The van der Waals surface area contributed by atoms with Crippen LogP contribution in [-0.4, -0.2) is 17.6 Å². The standard InChI is InChI=1S/C15H11NO4S/c1-2-19-15(18)13-16-11(8-21-13)10-7-9-5-3-4-6-12(9)20-14(10)17/h3-8H,2H2,1H3. The third-order valence-corrected chi connectivity index (χ3v) is 3.69. The lowest BCUT2D eigenvalue weighted by Gasteiger charge is -1.99. The largest absolute Gasteiger partial charge is 0.461 e. The van der Waals surface area contributed by atoms with Crippen molar-refractivity contribution >= 4 is 28.3 Å². The first-order chi connectivity index (χ1) is 10.2. The maximum atomic E-state index is 12.0. The van der Waals surface area contributed by atoms with Gasteiger partial charge in [0.2, 0.25) is 5.01 Å². The molecule has 2 heterocycles. The molecule has 0 unspecified atom stereocenters. The number of fused-ring (bicyclic) bond motifs is 1. The average molecular weight is 301 g/mol. The summed E-state index contributed by atoms with van der Waals surface area (Å²) in [6.45, 7) is 2.01. The minimum Gasteiger partial charge on any atom is -0.461 e. The highest BCUT2D eigenvalue weighted by Crippen LogP contribution is 2.23. The van der Waals surface area contributed by atoms with Crippen LogP contribution in [0.15, 0.2) is 44.9 Å². The lowest BCUT2D eigenvalue weighted by atomic mass is 10.1. The maximum Gasteiger partial charge on any atom is 0.367 e. The number of thiazole rings is 1. The first-order valence-electron chi connectivity index (χ1n) is 6.35. The molecule has 0 radical (unpaired) electrons. The van der Waals surface area contributed by atoms with Gasteiger partial charge in [0, 0.05) is 10.8 Å². The number of para-hydroxylation sites is 1. The summed E-state index contributed by atoms with van der Waals surface area (Å²) in [6, 6.07) is 8.95. The van der Waals surface area contributed by atoms with Gasteiger partial charge in [0.15, 0.2) is 0 Å². The van der Waals surface area contributed by atoms with Crippen molar-refractivity contribution in [2.45, 2.75) is 6.92 Å².